The van der Waals surface area contributed by atoms with Crippen molar-refractivity contribution in [2.45, 2.75) is 38.5 Å². The lowest BCUT2D eigenvalue weighted by Gasteiger charge is -2.40. The normalized spacial score (nSPS) is 19.1. The van der Waals surface area contributed by atoms with E-state index < -0.39 is 9.84 Å². The Bertz CT molecular complexity index is 339. The molecule has 0 spiro atoms. The van der Waals surface area contributed by atoms with Crippen molar-refractivity contribution in [2.75, 3.05) is 18.6 Å². The molecule has 0 aromatic carbocycles. The van der Waals surface area contributed by atoms with Crippen molar-refractivity contribution in [1.82, 2.24) is 0 Å². The van der Waals surface area contributed by atoms with Gasteiger partial charge in [0.2, 0.25) is 0 Å². The summed E-state index contributed by atoms with van der Waals surface area (Å²) < 4.78 is 21.8. The molecule has 1 fully saturated rings. The van der Waals surface area contributed by atoms with E-state index in [1.807, 2.05) is 0 Å². The average molecular weight is 247 g/mol. The van der Waals surface area contributed by atoms with Gasteiger partial charge >= 0.3 is 0 Å². The highest BCUT2D eigenvalue weighted by Gasteiger charge is 2.37. The first kappa shape index (κ1) is 13.6. The van der Waals surface area contributed by atoms with E-state index in [4.69, 9.17) is 5.73 Å². The van der Waals surface area contributed by atoms with Crippen LogP contribution >= 0.6 is 0 Å². The van der Waals surface area contributed by atoms with E-state index >= 15 is 0 Å². The molecule has 0 aliphatic heterocycles. The summed E-state index contributed by atoms with van der Waals surface area (Å²) in [6.45, 7) is 0.574. The number of ketones is 1. The second kappa shape index (κ2) is 5.27. The average Bonchev–Trinajstić information content (AvgIpc) is 2.09. The van der Waals surface area contributed by atoms with Crippen LogP contribution in [0, 0.1) is 5.41 Å². The fourth-order valence-corrected chi connectivity index (χ4v) is 2.84. The highest BCUT2D eigenvalue weighted by Crippen LogP contribution is 2.43. The quantitative estimate of drug-likeness (QED) is 0.725. The van der Waals surface area contributed by atoms with Crippen LogP contribution in [0.5, 0.6) is 0 Å². The molecule has 0 radical (unpaired) electrons. The van der Waals surface area contributed by atoms with Crippen LogP contribution < -0.4 is 5.73 Å². The number of nitrogens with two attached hydrogens (primary N) is 1. The first-order valence-electron chi connectivity index (χ1n) is 5.76. The van der Waals surface area contributed by atoms with E-state index in [0.717, 1.165) is 19.3 Å². The lowest BCUT2D eigenvalue weighted by atomic mass is 9.66. The number of sulfone groups is 1. The summed E-state index contributed by atoms with van der Waals surface area (Å²) in [5, 5.41) is 0. The first-order valence-corrected chi connectivity index (χ1v) is 7.82. The van der Waals surface area contributed by atoms with Crippen LogP contribution in [-0.2, 0) is 14.6 Å². The molecule has 4 nitrogen and oxygen atoms in total. The Kier molecular flexibility index (Phi) is 4.50. The lowest BCUT2D eigenvalue weighted by molar-refractivity contribution is -0.122. The predicted molar refractivity (Wildman–Crippen MR) is 63.9 cm³/mol. The van der Waals surface area contributed by atoms with Gasteiger partial charge in [0.15, 0.2) is 0 Å². The zero-order valence-corrected chi connectivity index (χ0v) is 10.7. The highest BCUT2D eigenvalue weighted by molar-refractivity contribution is 7.90. The van der Waals surface area contributed by atoms with Gasteiger partial charge in [0.25, 0.3) is 0 Å². The molecule has 0 saturated heterocycles. The van der Waals surface area contributed by atoms with Crippen molar-refractivity contribution in [3.63, 3.8) is 0 Å². The van der Waals surface area contributed by atoms with E-state index in [9.17, 15) is 13.2 Å². The number of Topliss-reactive ketones (excluding diaryl/α,β-unsaturated/α-hetero) is 1. The van der Waals surface area contributed by atoms with E-state index in [0.29, 0.717) is 25.8 Å². The molecule has 1 aliphatic carbocycles. The molecule has 16 heavy (non-hydrogen) atoms. The standard InChI is InChI=1S/C11H21NO3S/c1-16(14,15)7-2-4-10(13)8-11(9-12)5-3-6-11/h2-9,12H2,1H3. The SMILES string of the molecule is CS(=O)(=O)CCCC(=O)CC1(CN)CCC1. The smallest absolute Gasteiger partial charge is 0.147 e. The van der Waals surface area contributed by atoms with Crippen LogP contribution in [0.2, 0.25) is 0 Å². The molecule has 1 rings (SSSR count). The maximum absolute atomic E-state index is 11.6. The van der Waals surface area contributed by atoms with Crippen molar-refractivity contribution in [2.24, 2.45) is 11.1 Å². The molecule has 0 bridgehead atoms. The number of rotatable bonds is 7. The Morgan fingerprint density at radius 3 is 2.38 bits per heavy atom. The molecular weight excluding hydrogens is 226 g/mol. The van der Waals surface area contributed by atoms with Crippen molar-refractivity contribution >= 4 is 15.6 Å². The summed E-state index contributed by atoms with van der Waals surface area (Å²) in [6.07, 6.45) is 5.79. The van der Waals surface area contributed by atoms with Gasteiger partial charge in [-0.2, -0.15) is 0 Å². The van der Waals surface area contributed by atoms with E-state index in [1.165, 1.54) is 6.26 Å². The number of hydrogen-bond acceptors (Lipinski definition) is 4. The van der Waals surface area contributed by atoms with E-state index in [2.05, 4.69) is 0 Å². The molecule has 0 heterocycles. The number of hydrogen-bond donors (Lipinski definition) is 1. The fourth-order valence-electron chi connectivity index (χ4n) is 2.17. The monoisotopic (exact) mass is 247 g/mol. The summed E-state index contributed by atoms with van der Waals surface area (Å²) in [6, 6.07) is 0. The third-order valence-electron chi connectivity index (χ3n) is 3.39. The van der Waals surface area contributed by atoms with Crippen molar-refractivity contribution < 1.29 is 13.2 Å². The summed E-state index contributed by atoms with van der Waals surface area (Å²) >= 11 is 0. The van der Waals surface area contributed by atoms with Gasteiger partial charge in [0.05, 0.1) is 5.75 Å². The van der Waals surface area contributed by atoms with Gasteiger partial charge in [0, 0.05) is 19.1 Å². The van der Waals surface area contributed by atoms with Gasteiger partial charge in [0.1, 0.15) is 15.6 Å². The molecule has 1 saturated carbocycles. The van der Waals surface area contributed by atoms with Crippen LogP contribution in [0.25, 0.3) is 0 Å². The minimum Gasteiger partial charge on any atom is -0.330 e. The Morgan fingerprint density at radius 1 is 1.38 bits per heavy atom. The van der Waals surface area contributed by atoms with Gasteiger partial charge in [-0.25, -0.2) is 8.42 Å². The first-order chi connectivity index (χ1) is 7.37. The summed E-state index contributed by atoms with van der Waals surface area (Å²) in [5.41, 5.74) is 5.71. The maximum Gasteiger partial charge on any atom is 0.147 e. The van der Waals surface area contributed by atoms with Crippen LogP contribution in [0.4, 0.5) is 0 Å². The minimum absolute atomic E-state index is 0.0438. The molecule has 0 aromatic heterocycles. The highest BCUT2D eigenvalue weighted by atomic mass is 32.2. The Morgan fingerprint density at radius 2 is 2.00 bits per heavy atom. The molecule has 0 aromatic rings. The second-order valence-corrected chi connectivity index (χ2v) is 7.27. The van der Waals surface area contributed by atoms with Gasteiger partial charge in [-0.15, -0.1) is 0 Å². The Labute approximate surface area is 97.5 Å². The predicted octanol–water partition coefficient (Wildman–Crippen LogP) is 0.899. The van der Waals surface area contributed by atoms with Crippen LogP contribution in [0.15, 0.2) is 0 Å². The van der Waals surface area contributed by atoms with Crippen molar-refractivity contribution in [1.29, 1.82) is 0 Å². The molecule has 94 valence electrons. The molecule has 2 N–H and O–H groups in total. The Balaban J connectivity index is 2.26. The maximum atomic E-state index is 11.6. The fraction of sp³-hybridized carbons (Fsp3) is 0.909. The summed E-state index contributed by atoms with van der Waals surface area (Å²) in [4.78, 5) is 11.6. The lowest BCUT2D eigenvalue weighted by Crippen LogP contribution is -2.39. The zero-order chi connectivity index (χ0) is 12.2. The topological polar surface area (TPSA) is 77.2 Å². The van der Waals surface area contributed by atoms with Crippen molar-refractivity contribution in [3.05, 3.63) is 0 Å². The number of carbonyl (C=O) groups excluding carboxylic acids is 1. The molecule has 0 unspecified atom stereocenters. The van der Waals surface area contributed by atoms with Crippen LogP contribution in [0.3, 0.4) is 0 Å². The molecular formula is C11H21NO3S. The zero-order valence-electron chi connectivity index (χ0n) is 9.87. The molecule has 5 heteroatoms. The third-order valence-corrected chi connectivity index (χ3v) is 4.42. The van der Waals surface area contributed by atoms with E-state index in [1.54, 1.807) is 0 Å². The summed E-state index contributed by atoms with van der Waals surface area (Å²) in [7, 11) is -2.94. The van der Waals surface area contributed by atoms with Gasteiger partial charge in [-0.3, -0.25) is 4.79 Å². The van der Waals surface area contributed by atoms with Gasteiger partial charge < -0.3 is 5.73 Å². The van der Waals surface area contributed by atoms with Crippen molar-refractivity contribution in [3.8, 4) is 0 Å². The number of carbonyl (C=O) groups is 1. The summed E-state index contributed by atoms with van der Waals surface area (Å²) in [5.74, 6) is 0.266. The van der Waals surface area contributed by atoms with Crippen LogP contribution in [-0.4, -0.2) is 32.8 Å². The Hall–Kier alpha value is -0.420. The molecule has 0 amide bonds. The molecule has 0 atom stereocenters. The minimum atomic E-state index is -2.94. The van der Waals surface area contributed by atoms with E-state index in [-0.39, 0.29) is 17.0 Å². The van der Waals surface area contributed by atoms with Crippen LogP contribution in [0.1, 0.15) is 38.5 Å². The van der Waals surface area contributed by atoms with Gasteiger partial charge in [-0.1, -0.05) is 6.42 Å². The second-order valence-electron chi connectivity index (χ2n) is 5.01. The largest absolute Gasteiger partial charge is 0.330 e. The third kappa shape index (κ3) is 4.22. The molecule has 1 aliphatic rings. The van der Waals surface area contributed by atoms with Gasteiger partial charge in [-0.05, 0) is 31.2 Å².